The average molecular weight is 286 g/mol. The molecule has 0 spiro atoms. The van der Waals surface area contributed by atoms with Gasteiger partial charge < -0.3 is 4.74 Å². The molecule has 0 radical (unpaired) electrons. The lowest BCUT2D eigenvalue weighted by molar-refractivity contribution is 0.479. The van der Waals surface area contributed by atoms with Gasteiger partial charge in [0.15, 0.2) is 0 Å². The van der Waals surface area contributed by atoms with Crippen molar-refractivity contribution >= 4 is 11.6 Å². The summed E-state index contributed by atoms with van der Waals surface area (Å²) in [5.74, 6) is 1.29. The maximum absolute atomic E-state index is 8.82. The van der Waals surface area contributed by atoms with Gasteiger partial charge in [-0.1, -0.05) is 44.5 Å². The predicted octanol–water partition coefficient (Wildman–Crippen LogP) is 5.30. The lowest BCUT2D eigenvalue weighted by Crippen LogP contribution is -2.10. The first-order valence-electron chi connectivity index (χ1n) is 6.38. The van der Waals surface area contributed by atoms with Crippen molar-refractivity contribution in [3.63, 3.8) is 0 Å². The van der Waals surface area contributed by atoms with E-state index in [2.05, 4.69) is 26.8 Å². The maximum atomic E-state index is 8.82. The van der Waals surface area contributed by atoms with Crippen LogP contribution in [0.1, 0.15) is 31.9 Å². The largest absolute Gasteiger partial charge is 0.456 e. The predicted molar refractivity (Wildman–Crippen MR) is 81.4 cm³/mol. The third-order valence-electron chi connectivity index (χ3n) is 2.99. The highest BCUT2D eigenvalue weighted by Gasteiger charge is 2.14. The van der Waals surface area contributed by atoms with Crippen molar-refractivity contribution in [3.05, 3.63) is 58.6 Å². The standard InChI is InChI=1S/C17H16ClNO/c1-17(2,3)13-5-4-6-14(10-13)20-16-8-7-12(11-19)9-15(16)18/h4-10H,1-3H3. The minimum Gasteiger partial charge on any atom is -0.456 e. The smallest absolute Gasteiger partial charge is 0.146 e. The van der Waals surface area contributed by atoms with Gasteiger partial charge in [0.1, 0.15) is 11.5 Å². The third kappa shape index (κ3) is 3.31. The van der Waals surface area contributed by atoms with Crippen molar-refractivity contribution in [2.75, 3.05) is 0 Å². The van der Waals surface area contributed by atoms with Crippen LogP contribution in [0.5, 0.6) is 11.5 Å². The Morgan fingerprint density at radius 2 is 1.85 bits per heavy atom. The molecule has 0 atom stereocenters. The van der Waals surface area contributed by atoms with Crippen LogP contribution in [0.2, 0.25) is 5.02 Å². The molecular weight excluding hydrogens is 270 g/mol. The zero-order chi connectivity index (χ0) is 14.8. The molecule has 0 bridgehead atoms. The van der Waals surface area contributed by atoms with Crippen molar-refractivity contribution in [1.82, 2.24) is 0 Å². The van der Waals surface area contributed by atoms with Crippen molar-refractivity contribution in [2.24, 2.45) is 0 Å². The molecule has 0 unspecified atom stereocenters. The van der Waals surface area contributed by atoms with E-state index < -0.39 is 0 Å². The number of halogens is 1. The maximum Gasteiger partial charge on any atom is 0.146 e. The molecule has 0 saturated carbocycles. The van der Waals surface area contributed by atoms with Crippen LogP contribution in [0, 0.1) is 11.3 Å². The SMILES string of the molecule is CC(C)(C)c1cccc(Oc2ccc(C#N)cc2Cl)c1. The summed E-state index contributed by atoms with van der Waals surface area (Å²) >= 11 is 6.11. The van der Waals surface area contributed by atoms with Gasteiger partial charge in [0.25, 0.3) is 0 Å². The van der Waals surface area contributed by atoms with E-state index in [0.717, 1.165) is 5.75 Å². The molecule has 0 aromatic heterocycles. The van der Waals surface area contributed by atoms with Crippen molar-refractivity contribution in [3.8, 4) is 17.6 Å². The van der Waals surface area contributed by atoms with Crippen molar-refractivity contribution < 1.29 is 4.74 Å². The molecule has 102 valence electrons. The van der Waals surface area contributed by atoms with E-state index >= 15 is 0 Å². The average Bonchev–Trinajstić information content (AvgIpc) is 2.40. The Morgan fingerprint density at radius 1 is 1.10 bits per heavy atom. The number of hydrogen-bond donors (Lipinski definition) is 0. The Morgan fingerprint density at radius 3 is 2.45 bits per heavy atom. The van der Waals surface area contributed by atoms with Gasteiger partial charge in [-0.3, -0.25) is 0 Å². The van der Waals surface area contributed by atoms with Gasteiger partial charge in [0.2, 0.25) is 0 Å². The molecule has 0 aliphatic carbocycles. The fraction of sp³-hybridized carbons (Fsp3) is 0.235. The molecule has 2 nitrogen and oxygen atoms in total. The first-order chi connectivity index (χ1) is 9.40. The Labute approximate surface area is 124 Å². The third-order valence-corrected chi connectivity index (χ3v) is 3.28. The summed E-state index contributed by atoms with van der Waals surface area (Å²) < 4.78 is 5.80. The second kappa shape index (κ2) is 5.56. The van der Waals surface area contributed by atoms with Crippen molar-refractivity contribution in [2.45, 2.75) is 26.2 Å². The monoisotopic (exact) mass is 285 g/mol. The normalized spacial score (nSPS) is 10.9. The summed E-state index contributed by atoms with van der Waals surface area (Å²) in [6.07, 6.45) is 0. The zero-order valence-electron chi connectivity index (χ0n) is 11.8. The fourth-order valence-electron chi connectivity index (χ4n) is 1.81. The summed E-state index contributed by atoms with van der Waals surface area (Å²) in [4.78, 5) is 0. The van der Waals surface area contributed by atoms with Gasteiger partial charge in [-0.05, 0) is 41.3 Å². The molecular formula is C17H16ClNO. The highest BCUT2D eigenvalue weighted by molar-refractivity contribution is 6.32. The first-order valence-corrected chi connectivity index (χ1v) is 6.76. The lowest BCUT2D eigenvalue weighted by atomic mass is 9.87. The van der Waals surface area contributed by atoms with Crippen LogP contribution in [0.3, 0.4) is 0 Å². The second-order valence-corrected chi connectivity index (χ2v) is 6.04. The molecule has 0 fully saturated rings. The Kier molecular flexibility index (Phi) is 4.01. The molecule has 2 aromatic rings. The number of hydrogen-bond acceptors (Lipinski definition) is 2. The summed E-state index contributed by atoms with van der Waals surface area (Å²) in [6.45, 7) is 6.46. The van der Waals surface area contributed by atoms with E-state index in [4.69, 9.17) is 21.6 Å². The number of ether oxygens (including phenoxy) is 1. The number of nitriles is 1. The Bertz CT molecular complexity index is 665. The van der Waals surface area contributed by atoms with Gasteiger partial charge in [-0.2, -0.15) is 5.26 Å². The van der Waals surface area contributed by atoms with Gasteiger partial charge in [0, 0.05) is 0 Å². The minimum absolute atomic E-state index is 0.0633. The van der Waals surface area contributed by atoms with E-state index in [1.54, 1.807) is 18.2 Å². The molecule has 0 heterocycles. The second-order valence-electron chi connectivity index (χ2n) is 5.64. The molecule has 0 aliphatic heterocycles. The Hall–Kier alpha value is -1.98. The number of benzene rings is 2. The fourth-order valence-corrected chi connectivity index (χ4v) is 2.03. The molecule has 0 aliphatic rings. The van der Waals surface area contributed by atoms with Crippen LogP contribution in [-0.4, -0.2) is 0 Å². The molecule has 3 heteroatoms. The van der Waals surface area contributed by atoms with Crippen molar-refractivity contribution in [1.29, 1.82) is 5.26 Å². The Balaban J connectivity index is 2.29. The van der Waals surface area contributed by atoms with Gasteiger partial charge >= 0.3 is 0 Å². The van der Waals surface area contributed by atoms with Gasteiger partial charge in [-0.15, -0.1) is 0 Å². The molecule has 0 amide bonds. The van der Waals surface area contributed by atoms with Gasteiger partial charge in [-0.25, -0.2) is 0 Å². The van der Waals surface area contributed by atoms with E-state index in [-0.39, 0.29) is 5.41 Å². The lowest BCUT2D eigenvalue weighted by Gasteiger charge is -2.19. The summed E-state index contributed by atoms with van der Waals surface area (Å²) in [5.41, 5.74) is 1.78. The summed E-state index contributed by atoms with van der Waals surface area (Å²) in [7, 11) is 0. The van der Waals surface area contributed by atoms with Crippen LogP contribution >= 0.6 is 11.6 Å². The first kappa shape index (κ1) is 14.4. The summed E-state index contributed by atoms with van der Waals surface area (Å²) in [5, 5.41) is 9.25. The number of nitrogens with zero attached hydrogens (tertiary/aromatic N) is 1. The molecule has 2 rings (SSSR count). The molecule has 0 N–H and O–H groups in total. The van der Waals surface area contributed by atoms with E-state index in [1.165, 1.54) is 5.56 Å². The van der Waals surface area contributed by atoms with Crippen LogP contribution in [-0.2, 0) is 5.41 Å². The van der Waals surface area contributed by atoms with Crippen LogP contribution in [0.25, 0.3) is 0 Å². The summed E-state index contributed by atoms with van der Waals surface area (Å²) in [6, 6.07) is 15.0. The minimum atomic E-state index is 0.0633. The quantitative estimate of drug-likeness (QED) is 0.750. The molecule has 2 aromatic carbocycles. The highest BCUT2D eigenvalue weighted by Crippen LogP contribution is 2.32. The van der Waals surface area contributed by atoms with Crippen LogP contribution in [0.4, 0.5) is 0 Å². The number of rotatable bonds is 2. The van der Waals surface area contributed by atoms with Gasteiger partial charge in [0.05, 0.1) is 16.7 Å². The van der Waals surface area contributed by atoms with E-state index in [0.29, 0.717) is 16.3 Å². The van der Waals surface area contributed by atoms with E-state index in [9.17, 15) is 0 Å². The zero-order valence-corrected chi connectivity index (χ0v) is 12.5. The molecule has 0 saturated heterocycles. The highest BCUT2D eigenvalue weighted by atomic mass is 35.5. The van der Waals surface area contributed by atoms with Crippen LogP contribution in [0.15, 0.2) is 42.5 Å². The van der Waals surface area contributed by atoms with Crippen LogP contribution < -0.4 is 4.74 Å². The van der Waals surface area contributed by atoms with E-state index in [1.807, 2.05) is 24.3 Å². The topological polar surface area (TPSA) is 33.0 Å². The molecule has 20 heavy (non-hydrogen) atoms.